The average Bonchev–Trinajstić information content (AvgIpc) is 2.92. The fourth-order valence-corrected chi connectivity index (χ4v) is 4.46. The highest BCUT2D eigenvalue weighted by Gasteiger charge is 2.10. The smallest absolute Gasteiger partial charge is 0.338 e. The van der Waals surface area contributed by atoms with Gasteiger partial charge in [0.2, 0.25) is 0 Å². The molecule has 0 fully saturated rings. The summed E-state index contributed by atoms with van der Waals surface area (Å²) in [5.41, 5.74) is 3.01. The van der Waals surface area contributed by atoms with Gasteiger partial charge in [-0.15, -0.1) is 0 Å². The highest BCUT2D eigenvalue weighted by molar-refractivity contribution is 5.92. The van der Waals surface area contributed by atoms with Gasteiger partial charge in [0.15, 0.2) is 0 Å². The quantitative estimate of drug-likeness (QED) is 0.110. The molecule has 4 nitrogen and oxygen atoms in total. The minimum atomic E-state index is -0.390. The lowest BCUT2D eigenvalue weighted by Crippen LogP contribution is -2.06. The molecular weight excluding hydrogens is 458 g/mol. The SMILES string of the molecule is CCCCCCCCCCCCCCCCCOC(=O)c1ccc(C=Nc2ccc(CC)cc2)c(O)c1. The molecule has 0 atom stereocenters. The van der Waals surface area contributed by atoms with E-state index in [1.807, 2.05) is 24.3 Å². The number of phenols is 1. The first-order valence-corrected chi connectivity index (χ1v) is 14.8. The van der Waals surface area contributed by atoms with Crippen molar-refractivity contribution in [1.82, 2.24) is 0 Å². The van der Waals surface area contributed by atoms with Crippen molar-refractivity contribution in [2.45, 2.75) is 117 Å². The van der Waals surface area contributed by atoms with E-state index in [4.69, 9.17) is 4.74 Å². The Morgan fingerprint density at radius 2 is 1.30 bits per heavy atom. The first kappa shape index (κ1) is 30.6. The molecule has 0 bridgehead atoms. The zero-order valence-corrected chi connectivity index (χ0v) is 23.4. The van der Waals surface area contributed by atoms with Crippen molar-refractivity contribution in [2.24, 2.45) is 4.99 Å². The Bertz CT molecular complexity index is 904. The van der Waals surface area contributed by atoms with Gasteiger partial charge in [-0.1, -0.05) is 116 Å². The van der Waals surface area contributed by atoms with Gasteiger partial charge in [0, 0.05) is 11.8 Å². The maximum Gasteiger partial charge on any atom is 0.338 e. The van der Waals surface area contributed by atoms with Crippen molar-refractivity contribution in [3.63, 3.8) is 0 Å². The highest BCUT2D eigenvalue weighted by Crippen LogP contribution is 2.20. The summed E-state index contributed by atoms with van der Waals surface area (Å²) in [6, 6.07) is 12.8. The predicted molar refractivity (Wildman–Crippen MR) is 156 cm³/mol. The number of hydrogen-bond donors (Lipinski definition) is 1. The second-order valence-corrected chi connectivity index (χ2v) is 10.1. The zero-order valence-electron chi connectivity index (χ0n) is 23.4. The highest BCUT2D eigenvalue weighted by atomic mass is 16.5. The number of hydrogen-bond acceptors (Lipinski definition) is 4. The van der Waals surface area contributed by atoms with Crippen molar-refractivity contribution in [3.8, 4) is 5.75 Å². The summed E-state index contributed by atoms with van der Waals surface area (Å²) in [4.78, 5) is 16.7. The largest absolute Gasteiger partial charge is 0.507 e. The lowest BCUT2D eigenvalue weighted by atomic mass is 10.0. The van der Waals surface area contributed by atoms with Crippen LogP contribution in [0, 0.1) is 0 Å². The minimum Gasteiger partial charge on any atom is -0.507 e. The van der Waals surface area contributed by atoms with E-state index in [2.05, 4.69) is 18.8 Å². The summed E-state index contributed by atoms with van der Waals surface area (Å²) in [7, 11) is 0. The summed E-state index contributed by atoms with van der Waals surface area (Å²) in [6.07, 6.45) is 22.3. The van der Waals surface area contributed by atoms with E-state index in [1.165, 1.54) is 95.1 Å². The molecule has 2 aromatic carbocycles. The van der Waals surface area contributed by atoms with E-state index < -0.39 is 0 Å². The summed E-state index contributed by atoms with van der Waals surface area (Å²) in [5.74, 6) is -0.366. The molecule has 0 saturated carbocycles. The first-order valence-electron chi connectivity index (χ1n) is 14.8. The Morgan fingerprint density at radius 1 is 0.757 bits per heavy atom. The van der Waals surface area contributed by atoms with Gasteiger partial charge in [0.1, 0.15) is 5.75 Å². The zero-order chi connectivity index (χ0) is 26.6. The number of aliphatic imine (C=N–C) groups is 1. The van der Waals surface area contributed by atoms with Gasteiger partial charge >= 0.3 is 5.97 Å². The average molecular weight is 508 g/mol. The Balaban J connectivity index is 1.51. The second kappa shape index (κ2) is 19.5. The molecule has 0 spiro atoms. The lowest BCUT2D eigenvalue weighted by Gasteiger charge is -2.07. The molecule has 0 aromatic heterocycles. The van der Waals surface area contributed by atoms with Gasteiger partial charge in [-0.3, -0.25) is 4.99 Å². The van der Waals surface area contributed by atoms with Crippen LogP contribution in [0.15, 0.2) is 47.5 Å². The molecular formula is C33H49NO3. The lowest BCUT2D eigenvalue weighted by molar-refractivity contribution is 0.0497. The molecule has 1 N–H and O–H groups in total. The van der Waals surface area contributed by atoms with Gasteiger partial charge in [-0.25, -0.2) is 4.79 Å². The van der Waals surface area contributed by atoms with E-state index in [-0.39, 0.29) is 11.7 Å². The molecule has 2 rings (SSSR count). The molecule has 37 heavy (non-hydrogen) atoms. The summed E-state index contributed by atoms with van der Waals surface area (Å²) >= 11 is 0. The van der Waals surface area contributed by atoms with Gasteiger partial charge in [0.05, 0.1) is 17.9 Å². The number of unbranched alkanes of at least 4 members (excludes halogenated alkanes) is 14. The molecule has 204 valence electrons. The molecule has 0 aliphatic carbocycles. The van der Waals surface area contributed by atoms with Crippen LogP contribution in [0.5, 0.6) is 5.75 Å². The standard InChI is InChI=1S/C33H49NO3/c1-3-5-6-7-8-9-10-11-12-13-14-15-16-17-18-25-37-33(36)29-21-22-30(32(35)26-29)27-34-31-23-19-28(4-2)20-24-31/h19-24,26-27,35H,3-18,25H2,1-2H3. The summed E-state index contributed by atoms with van der Waals surface area (Å²) in [6.45, 7) is 4.81. The molecule has 0 aliphatic heterocycles. The Hall–Kier alpha value is -2.62. The maximum absolute atomic E-state index is 12.3. The maximum atomic E-state index is 12.3. The fraction of sp³-hybridized carbons (Fsp3) is 0.576. The molecule has 0 saturated heterocycles. The van der Waals surface area contributed by atoms with Gasteiger partial charge in [-0.2, -0.15) is 0 Å². The van der Waals surface area contributed by atoms with Crippen molar-refractivity contribution in [2.75, 3.05) is 6.61 Å². The number of ether oxygens (including phenoxy) is 1. The molecule has 0 aliphatic rings. The number of esters is 1. The second-order valence-electron chi connectivity index (χ2n) is 10.1. The molecule has 2 aromatic rings. The third kappa shape index (κ3) is 13.5. The number of aryl methyl sites for hydroxylation is 1. The van der Waals surface area contributed by atoms with Crippen molar-refractivity contribution >= 4 is 17.9 Å². The number of nitrogens with zero attached hydrogens (tertiary/aromatic N) is 1. The molecule has 4 heteroatoms. The predicted octanol–water partition coefficient (Wildman–Crippen LogP) is 9.73. The van der Waals surface area contributed by atoms with Crippen LogP contribution in [-0.2, 0) is 11.2 Å². The first-order chi connectivity index (χ1) is 18.1. The molecule has 0 radical (unpaired) electrons. The van der Waals surface area contributed by atoms with Crippen LogP contribution in [0.4, 0.5) is 5.69 Å². The Morgan fingerprint density at radius 3 is 1.81 bits per heavy atom. The van der Waals surface area contributed by atoms with Crippen molar-refractivity contribution in [3.05, 3.63) is 59.2 Å². The van der Waals surface area contributed by atoms with Crippen LogP contribution < -0.4 is 0 Å². The van der Waals surface area contributed by atoms with Crippen molar-refractivity contribution in [1.29, 1.82) is 0 Å². The van der Waals surface area contributed by atoms with E-state index in [0.29, 0.717) is 17.7 Å². The van der Waals surface area contributed by atoms with Crippen LogP contribution in [0.25, 0.3) is 0 Å². The topological polar surface area (TPSA) is 58.9 Å². The third-order valence-corrected chi connectivity index (χ3v) is 6.94. The van der Waals surface area contributed by atoms with Crippen LogP contribution in [-0.4, -0.2) is 23.9 Å². The summed E-state index contributed by atoms with van der Waals surface area (Å²) < 4.78 is 5.40. The van der Waals surface area contributed by atoms with Gasteiger partial charge in [0.25, 0.3) is 0 Å². The fourth-order valence-electron chi connectivity index (χ4n) is 4.46. The number of carbonyl (C=O) groups excluding carboxylic acids is 1. The van der Waals surface area contributed by atoms with Crippen LogP contribution in [0.1, 0.15) is 132 Å². The van der Waals surface area contributed by atoms with Crippen LogP contribution in [0.2, 0.25) is 0 Å². The normalized spacial score (nSPS) is 11.3. The number of aromatic hydroxyl groups is 1. The molecule has 0 amide bonds. The Labute approximate surface area is 225 Å². The number of carbonyl (C=O) groups is 1. The van der Waals surface area contributed by atoms with Gasteiger partial charge in [-0.05, 0) is 48.7 Å². The minimum absolute atomic E-state index is 0.0235. The number of rotatable bonds is 20. The summed E-state index contributed by atoms with van der Waals surface area (Å²) in [5, 5.41) is 10.3. The van der Waals surface area contributed by atoms with Crippen LogP contribution in [0.3, 0.4) is 0 Å². The molecule has 0 heterocycles. The Kier molecular flexibility index (Phi) is 16.1. The van der Waals surface area contributed by atoms with E-state index in [9.17, 15) is 9.90 Å². The number of phenolic OH excluding ortho intramolecular Hbond substituents is 1. The van der Waals surface area contributed by atoms with E-state index in [0.717, 1.165) is 24.9 Å². The van der Waals surface area contributed by atoms with Crippen LogP contribution >= 0.6 is 0 Å². The molecule has 0 unspecified atom stereocenters. The van der Waals surface area contributed by atoms with E-state index in [1.54, 1.807) is 18.3 Å². The van der Waals surface area contributed by atoms with Gasteiger partial charge < -0.3 is 9.84 Å². The monoisotopic (exact) mass is 507 g/mol. The number of benzene rings is 2. The van der Waals surface area contributed by atoms with E-state index >= 15 is 0 Å². The third-order valence-electron chi connectivity index (χ3n) is 6.94. The van der Waals surface area contributed by atoms with Crippen molar-refractivity contribution < 1.29 is 14.6 Å².